The normalized spacial score (nSPS) is 13.1. The molecule has 1 unspecified atom stereocenters. The molecule has 2 heterocycles. The summed E-state index contributed by atoms with van der Waals surface area (Å²) in [6.45, 7) is 8.72. The molecule has 9 heteroatoms. The predicted molar refractivity (Wildman–Crippen MR) is 137 cm³/mol. The summed E-state index contributed by atoms with van der Waals surface area (Å²) in [6.07, 6.45) is 1.66. The zero-order valence-corrected chi connectivity index (χ0v) is 21.5. The van der Waals surface area contributed by atoms with Gasteiger partial charge in [0.1, 0.15) is 28.7 Å². The smallest absolute Gasteiger partial charge is 0.219 e. The maximum Gasteiger partial charge on any atom is 0.219 e. The van der Waals surface area contributed by atoms with Crippen LogP contribution in [0.3, 0.4) is 0 Å². The van der Waals surface area contributed by atoms with Crippen LogP contribution in [0.1, 0.15) is 36.5 Å². The van der Waals surface area contributed by atoms with E-state index in [4.69, 9.17) is 9.15 Å². The fourth-order valence-corrected chi connectivity index (χ4v) is 3.24. The molecule has 178 valence electrons. The summed E-state index contributed by atoms with van der Waals surface area (Å²) in [6, 6.07) is 11.3. The third kappa shape index (κ3) is 7.71. The van der Waals surface area contributed by atoms with Crippen LogP contribution in [0.4, 0.5) is 4.39 Å². The number of ether oxygens (including phenoxy) is 1. The quantitative estimate of drug-likeness (QED) is 0.206. The van der Waals surface area contributed by atoms with Crippen molar-refractivity contribution in [2.45, 2.75) is 39.8 Å². The minimum absolute atomic E-state index is 0. The van der Waals surface area contributed by atoms with Gasteiger partial charge in [-0.25, -0.2) is 14.4 Å². The zero-order valence-electron chi connectivity index (χ0n) is 19.2. The van der Waals surface area contributed by atoms with Crippen LogP contribution >= 0.6 is 24.0 Å². The van der Waals surface area contributed by atoms with Crippen LogP contribution in [0.25, 0.3) is 0 Å². The summed E-state index contributed by atoms with van der Waals surface area (Å²) >= 11 is 0. The Kier molecular flexibility index (Phi) is 9.66. The molecular weight excluding hydrogens is 538 g/mol. The number of hydrogen-bond acceptors (Lipinski definition) is 5. The van der Waals surface area contributed by atoms with Crippen molar-refractivity contribution in [2.75, 3.05) is 13.1 Å². The Morgan fingerprint density at radius 3 is 2.61 bits per heavy atom. The van der Waals surface area contributed by atoms with Gasteiger partial charge in [0.25, 0.3) is 0 Å². The third-order valence-electron chi connectivity index (χ3n) is 4.80. The van der Waals surface area contributed by atoms with E-state index in [1.165, 1.54) is 12.1 Å². The number of benzene rings is 1. The molecule has 3 rings (SSSR count). The minimum atomic E-state index is -1.12. The highest BCUT2D eigenvalue weighted by molar-refractivity contribution is 14.0. The number of aryl methyl sites for hydroxylation is 2. The summed E-state index contributed by atoms with van der Waals surface area (Å²) in [5, 5.41) is 17.3. The molecule has 7 nitrogen and oxygen atoms in total. The maximum atomic E-state index is 13.3. The number of aliphatic imine (C=N–C) groups is 1. The number of rotatable bonds is 8. The van der Waals surface area contributed by atoms with Crippen LogP contribution < -0.4 is 15.4 Å². The molecule has 0 radical (unpaired) electrons. The lowest BCUT2D eigenvalue weighted by Crippen LogP contribution is -2.44. The van der Waals surface area contributed by atoms with Gasteiger partial charge < -0.3 is 24.9 Å². The molecule has 3 aromatic rings. The molecule has 0 fully saturated rings. The average Bonchev–Trinajstić information content (AvgIpc) is 3.10. The van der Waals surface area contributed by atoms with Gasteiger partial charge in [0.05, 0.1) is 13.1 Å². The summed E-state index contributed by atoms with van der Waals surface area (Å²) in [7, 11) is 0. The van der Waals surface area contributed by atoms with E-state index in [1.807, 2.05) is 32.9 Å². The third-order valence-corrected chi connectivity index (χ3v) is 4.80. The van der Waals surface area contributed by atoms with Crippen molar-refractivity contribution in [2.24, 2.45) is 4.99 Å². The first-order valence-electron chi connectivity index (χ1n) is 10.5. The van der Waals surface area contributed by atoms with Crippen LogP contribution in [-0.2, 0) is 12.1 Å². The first-order valence-corrected chi connectivity index (χ1v) is 10.5. The molecule has 0 aliphatic rings. The second-order valence-electron chi connectivity index (χ2n) is 7.71. The van der Waals surface area contributed by atoms with Gasteiger partial charge in [-0.05, 0) is 51.5 Å². The van der Waals surface area contributed by atoms with Crippen molar-refractivity contribution >= 4 is 29.9 Å². The minimum Gasteiger partial charge on any atom is -0.466 e. The second-order valence-corrected chi connectivity index (χ2v) is 7.71. The molecular formula is C24H30FIN4O3. The lowest BCUT2D eigenvalue weighted by molar-refractivity contribution is 0.0601. The molecule has 1 aromatic carbocycles. The Hall–Kier alpha value is -2.66. The molecule has 0 bridgehead atoms. The Morgan fingerprint density at radius 2 is 2.00 bits per heavy atom. The highest BCUT2D eigenvalue weighted by Crippen LogP contribution is 2.26. The maximum absolute atomic E-state index is 13.3. The first kappa shape index (κ1) is 26.6. The lowest BCUT2D eigenvalue weighted by atomic mass is 9.96. The van der Waals surface area contributed by atoms with Gasteiger partial charge in [-0.3, -0.25) is 0 Å². The van der Waals surface area contributed by atoms with E-state index in [2.05, 4.69) is 20.6 Å². The number of furan rings is 1. The number of aromatic nitrogens is 1. The molecule has 33 heavy (non-hydrogen) atoms. The molecule has 0 amide bonds. The number of halogens is 2. The molecule has 2 aromatic heterocycles. The summed E-state index contributed by atoms with van der Waals surface area (Å²) < 4.78 is 24.4. The molecule has 0 saturated heterocycles. The highest BCUT2D eigenvalue weighted by atomic mass is 127. The van der Waals surface area contributed by atoms with Gasteiger partial charge in [0.2, 0.25) is 5.88 Å². The lowest BCUT2D eigenvalue weighted by Gasteiger charge is -2.24. The molecule has 3 N–H and O–H groups in total. The second kappa shape index (κ2) is 12.0. The van der Waals surface area contributed by atoms with E-state index >= 15 is 0 Å². The van der Waals surface area contributed by atoms with Gasteiger partial charge in [0, 0.05) is 30.4 Å². The number of hydrogen-bond donors (Lipinski definition) is 3. The largest absolute Gasteiger partial charge is 0.466 e. The molecule has 0 saturated carbocycles. The van der Waals surface area contributed by atoms with E-state index in [0.29, 0.717) is 36.4 Å². The van der Waals surface area contributed by atoms with Crippen molar-refractivity contribution in [3.05, 3.63) is 77.1 Å². The van der Waals surface area contributed by atoms with Gasteiger partial charge in [-0.1, -0.05) is 12.1 Å². The van der Waals surface area contributed by atoms with Gasteiger partial charge in [-0.15, -0.1) is 24.0 Å². The number of pyridine rings is 1. The van der Waals surface area contributed by atoms with Crippen LogP contribution in [0.2, 0.25) is 0 Å². The fourth-order valence-electron chi connectivity index (χ4n) is 3.24. The van der Waals surface area contributed by atoms with Crippen LogP contribution in [0.15, 0.2) is 58.1 Å². The Bertz CT molecular complexity index is 1070. The van der Waals surface area contributed by atoms with Gasteiger partial charge in [0.15, 0.2) is 5.96 Å². The summed E-state index contributed by atoms with van der Waals surface area (Å²) in [4.78, 5) is 8.82. The fraction of sp³-hybridized carbons (Fsp3) is 0.333. The monoisotopic (exact) mass is 568 g/mol. The number of nitrogens with one attached hydrogen (secondary N) is 2. The van der Waals surface area contributed by atoms with E-state index in [1.54, 1.807) is 31.3 Å². The first-order chi connectivity index (χ1) is 15.3. The summed E-state index contributed by atoms with van der Waals surface area (Å²) in [5.74, 6) is 2.42. The zero-order chi connectivity index (χ0) is 23.1. The van der Waals surface area contributed by atoms with Crippen LogP contribution in [-0.4, -0.2) is 29.1 Å². The predicted octanol–water partition coefficient (Wildman–Crippen LogP) is 4.80. The van der Waals surface area contributed by atoms with Crippen molar-refractivity contribution in [3.8, 4) is 11.6 Å². The highest BCUT2D eigenvalue weighted by Gasteiger charge is 2.27. The van der Waals surface area contributed by atoms with E-state index in [-0.39, 0.29) is 36.3 Å². The Balaban J connectivity index is 0.00000385. The topological polar surface area (TPSA) is 91.9 Å². The summed E-state index contributed by atoms with van der Waals surface area (Å²) in [5.41, 5.74) is 0.508. The molecule has 0 aliphatic carbocycles. The van der Waals surface area contributed by atoms with Gasteiger partial charge >= 0.3 is 0 Å². The van der Waals surface area contributed by atoms with E-state index in [9.17, 15) is 9.50 Å². The van der Waals surface area contributed by atoms with Crippen molar-refractivity contribution < 1.29 is 18.7 Å². The molecule has 0 spiro atoms. The van der Waals surface area contributed by atoms with Crippen molar-refractivity contribution in [1.82, 2.24) is 15.6 Å². The van der Waals surface area contributed by atoms with Crippen LogP contribution in [0.5, 0.6) is 11.6 Å². The number of nitrogens with zero attached hydrogens (tertiary/aromatic N) is 2. The van der Waals surface area contributed by atoms with Crippen LogP contribution in [0, 0.1) is 19.7 Å². The standard InChI is InChI=1S/C24H29FN4O3.HI/c1-5-26-23(29-15-24(4,30)21-11-16(2)31-17(21)3)28-14-18-9-10-22(27-13-18)32-20-8-6-7-19(25)12-20;/h6-13,30H,5,14-15H2,1-4H3,(H2,26,28,29);1H. The molecule has 0 aliphatic heterocycles. The number of guanidine groups is 1. The molecule has 1 atom stereocenters. The van der Waals surface area contributed by atoms with Crippen molar-refractivity contribution in [3.63, 3.8) is 0 Å². The van der Waals surface area contributed by atoms with Gasteiger partial charge in [-0.2, -0.15) is 0 Å². The van der Waals surface area contributed by atoms with E-state index < -0.39 is 5.60 Å². The SMILES string of the molecule is CCNC(=NCc1ccc(Oc2cccc(F)c2)nc1)NCC(C)(O)c1cc(C)oc1C.I. The van der Waals surface area contributed by atoms with E-state index in [0.717, 1.165) is 16.9 Å². The van der Waals surface area contributed by atoms with Crippen molar-refractivity contribution in [1.29, 1.82) is 0 Å². The number of aliphatic hydroxyl groups is 1. The Morgan fingerprint density at radius 1 is 1.21 bits per heavy atom. The average molecular weight is 568 g/mol. The Labute approximate surface area is 210 Å².